The first-order valence-corrected chi connectivity index (χ1v) is 9.33. The lowest BCUT2D eigenvalue weighted by atomic mass is 9.92. The Morgan fingerprint density at radius 2 is 2.00 bits per heavy atom. The van der Waals surface area contributed by atoms with Crippen LogP contribution < -0.4 is 10.6 Å². The molecular formula is C17H29ClN6O2. The molecule has 2 aliphatic heterocycles. The minimum atomic E-state index is -0.0371. The van der Waals surface area contributed by atoms with Crippen molar-refractivity contribution in [2.75, 3.05) is 25.0 Å². The third-order valence-corrected chi connectivity index (χ3v) is 5.02. The van der Waals surface area contributed by atoms with Crippen molar-refractivity contribution in [2.24, 2.45) is 5.92 Å². The van der Waals surface area contributed by atoms with Gasteiger partial charge in [-0.05, 0) is 39.2 Å². The summed E-state index contributed by atoms with van der Waals surface area (Å²) in [7, 11) is 0. The van der Waals surface area contributed by atoms with Crippen LogP contribution in [-0.4, -0.2) is 57.2 Å². The van der Waals surface area contributed by atoms with Crippen molar-refractivity contribution >= 4 is 30.2 Å². The smallest absolute Gasteiger partial charge is 0.248 e. The number of nitrogens with zero attached hydrogens (tertiary/aromatic N) is 4. The zero-order valence-electron chi connectivity index (χ0n) is 15.3. The molecule has 2 N–H and O–H groups in total. The Morgan fingerprint density at radius 1 is 1.27 bits per heavy atom. The highest BCUT2D eigenvalue weighted by Crippen LogP contribution is 2.17. The van der Waals surface area contributed by atoms with Crippen molar-refractivity contribution in [1.29, 1.82) is 0 Å². The largest absolute Gasteiger partial charge is 0.341 e. The highest BCUT2D eigenvalue weighted by molar-refractivity contribution is 5.91. The second-order valence-corrected chi connectivity index (χ2v) is 7.13. The number of hydrogen-bond acceptors (Lipinski definition) is 5. The minimum Gasteiger partial charge on any atom is -0.341 e. The molecule has 1 aromatic rings. The van der Waals surface area contributed by atoms with E-state index in [1.165, 1.54) is 23.9 Å². The summed E-state index contributed by atoms with van der Waals surface area (Å²) in [5.41, 5.74) is 0. The first-order chi connectivity index (χ1) is 12.1. The molecule has 0 aromatic carbocycles. The van der Waals surface area contributed by atoms with E-state index in [2.05, 4.69) is 27.6 Å². The number of piperidine rings is 1. The molecule has 26 heavy (non-hydrogen) atoms. The molecule has 2 fully saturated rings. The number of amides is 2. The molecule has 0 radical (unpaired) electrons. The number of carbonyl (C=O) groups excluding carboxylic acids is 2. The number of halogens is 1. The van der Waals surface area contributed by atoms with Gasteiger partial charge in [0, 0.05) is 25.0 Å². The summed E-state index contributed by atoms with van der Waals surface area (Å²) in [4.78, 5) is 30.7. The maximum atomic E-state index is 12.4. The fourth-order valence-corrected chi connectivity index (χ4v) is 3.57. The Bertz CT molecular complexity index is 569. The number of nitrogens with one attached hydrogen (secondary N) is 2. The molecule has 2 aliphatic rings. The fraction of sp³-hybridized carbons (Fsp3) is 0.765. The van der Waals surface area contributed by atoms with Crippen LogP contribution in [0.25, 0.3) is 0 Å². The predicted octanol–water partition coefficient (Wildman–Crippen LogP) is 1.43. The lowest BCUT2D eigenvalue weighted by Gasteiger charge is -2.26. The molecule has 0 bridgehead atoms. The molecular weight excluding hydrogens is 356 g/mol. The topological polar surface area (TPSA) is 92.2 Å². The number of hydrogen-bond donors (Lipinski definition) is 2. The molecule has 0 spiro atoms. The van der Waals surface area contributed by atoms with Gasteiger partial charge in [0.15, 0.2) is 0 Å². The Balaban J connectivity index is 0.00000243. The van der Waals surface area contributed by atoms with Crippen molar-refractivity contribution in [3.05, 3.63) is 6.33 Å². The minimum absolute atomic E-state index is 0. The van der Waals surface area contributed by atoms with Crippen LogP contribution in [-0.2, 0) is 16.1 Å². The van der Waals surface area contributed by atoms with Crippen LogP contribution in [0.5, 0.6) is 0 Å². The Morgan fingerprint density at radius 3 is 2.69 bits per heavy atom. The van der Waals surface area contributed by atoms with Gasteiger partial charge in [0.05, 0.1) is 0 Å². The lowest BCUT2D eigenvalue weighted by Crippen LogP contribution is -2.40. The Hall–Kier alpha value is -1.67. The van der Waals surface area contributed by atoms with E-state index in [1.54, 1.807) is 0 Å². The average molecular weight is 385 g/mol. The molecule has 9 heteroatoms. The van der Waals surface area contributed by atoms with Crippen LogP contribution in [0.4, 0.5) is 5.95 Å². The third kappa shape index (κ3) is 5.67. The maximum absolute atomic E-state index is 12.4. The summed E-state index contributed by atoms with van der Waals surface area (Å²) < 4.78 is 1.51. The van der Waals surface area contributed by atoms with Crippen LogP contribution in [0.15, 0.2) is 6.33 Å². The second kappa shape index (κ2) is 9.87. The van der Waals surface area contributed by atoms with Crippen molar-refractivity contribution in [2.45, 2.75) is 58.0 Å². The first kappa shape index (κ1) is 20.6. The number of rotatable bonds is 4. The monoisotopic (exact) mass is 384 g/mol. The van der Waals surface area contributed by atoms with E-state index >= 15 is 0 Å². The molecule has 3 rings (SSSR count). The van der Waals surface area contributed by atoms with E-state index < -0.39 is 0 Å². The summed E-state index contributed by atoms with van der Waals surface area (Å²) in [6.07, 6.45) is 7.68. The van der Waals surface area contributed by atoms with Crippen LogP contribution in [0.3, 0.4) is 0 Å². The normalized spacial score (nSPS) is 23.7. The van der Waals surface area contributed by atoms with Gasteiger partial charge in [0.25, 0.3) is 0 Å². The summed E-state index contributed by atoms with van der Waals surface area (Å²) >= 11 is 0. The Labute approximate surface area is 160 Å². The van der Waals surface area contributed by atoms with Gasteiger partial charge in [-0.3, -0.25) is 14.9 Å². The summed E-state index contributed by atoms with van der Waals surface area (Å²) in [6.45, 7) is 4.76. The molecule has 0 unspecified atom stereocenters. The fourth-order valence-electron chi connectivity index (χ4n) is 3.57. The van der Waals surface area contributed by atoms with Gasteiger partial charge in [0.2, 0.25) is 17.8 Å². The molecule has 146 valence electrons. The van der Waals surface area contributed by atoms with Gasteiger partial charge in [-0.2, -0.15) is 0 Å². The standard InChI is InChI=1S/C17H28N6O2.ClH/c1-13-10-14(6-7-18-13)16(25)20-17-19-12-23(21-17)11-15(24)22-8-4-2-3-5-9-22;/h12-14,18H,2-11H2,1H3,(H,20,21,25);1H/t13-,14-;/m0./s1. The van der Waals surface area contributed by atoms with E-state index in [4.69, 9.17) is 0 Å². The zero-order valence-corrected chi connectivity index (χ0v) is 16.1. The van der Waals surface area contributed by atoms with Crippen LogP contribution in [0.2, 0.25) is 0 Å². The summed E-state index contributed by atoms with van der Waals surface area (Å²) in [6, 6.07) is 0.348. The second-order valence-electron chi connectivity index (χ2n) is 7.13. The van der Waals surface area contributed by atoms with E-state index in [9.17, 15) is 9.59 Å². The molecule has 2 saturated heterocycles. The van der Waals surface area contributed by atoms with E-state index in [1.807, 2.05) is 4.90 Å². The van der Waals surface area contributed by atoms with Crippen molar-refractivity contribution in [3.63, 3.8) is 0 Å². The zero-order chi connectivity index (χ0) is 17.6. The maximum Gasteiger partial charge on any atom is 0.248 e. The lowest BCUT2D eigenvalue weighted by molar-refractivity contribution is -0.132. The van der Waals surface area contributed by atoms with Gasteiger partial charge >= 0.3 is 0 Å². The van der Waals surface area contributed by atoms with Crippen molar-refractivity contribution < 1.29 is 9.59 Å². The predicted molar refractivity (Wildman–Crippen MR) is 101 cm³/mol. The van der Waals surface area contributed by atoms with Crippen LogP contribution in [0, 0.1) is 5.92 Å². The van der Waals surface area contributed by atoms with E-state index in [0.29, 0.717) is 6.04 Å². The molecule has 8 nitrogen and oxygen atoms in total. The van der Waals surface area contributed by atoms with Crippen LogP contribution in [0.1, 0.15) is 45.4 Å². The van der Waals surface area contributed by atoms with Crippen molar-refractivity contribution in [1.82, 2.24) is 25.0 Å². The molecule has 0 saturated carbocycles. The summed E-state index contributed by atoms with van der Waals surface area (Å²) in [5.74, 6) is 0.295. The highest BCUT2D eigenvalue weighted by atomic mass is 35.5. The number of likely N-dealkylation sites (tertiary alicyclic amines) is 1. The van der Waals surface area contributed by atoms with E-state index in [0.717, 1.165) is 45.3 Å². The number of aromatic nitrogens is 3. The number of carbonyl (C=O) groups is 2. The first-order valence-electron chi connectivity index (χ1n) is 9.33. The van der Waals surface area contributed by atoms with Gasteiger partial charge in [-0.1, -0.05) is 12.8 Å². The van der Waals surface area contributed by atoms with Gasteiger partial charge in [-0.15, -0.1) is 17.5 Å². The average Bonchev–Trinajstić information content (AvgIpc) is 2.85. The van der Waals surface area contributed by atoms with Crippen LogP contribution >= 0.6 is 12.4 Å². The SMILES string of the molecule is C[C@H]1C[C@@H](C(=O)Nc2ncn(CC(=O)N3CCCCCC3)n2)CCN1.Cl. The third-order valence-electron chi connectivity index (χ3n) is 5.02. The molecule has 0 aliphatic carbocycles. The molecule has 2 amide bonds. The Kier molecular flexibility index (Phi) is 7.84. The number of anilines is 1. The van der Waals surface area contributed by atoms with Gasteiger partial charge in [-0.25, -0.2) is 9.67 Å². The highest BCUT2D eigenvalue weighted by Gasteiger charge is 2.25. The quantitative estimate of drug-likeness (QED) is 0.819. The van der Waals surface area contributed by atoms with Gasteiger partial charge < -0.3 is 10.2 Å². The van der Waals surface area contributed by atoms with Gasteiger partial charge in [0.1, 0.15) is 12.9 Å². The summed E-state index contributed by atoms with van der Waals surface area (Å²) in [5, 5.41) is 10.3. The molecule has 3 heterocycles. The molecule has 1 aromatic heterocycles. The van der Waals surface area contributed by atoms with Crippen molar-refractivity contribution in [3.8, 4) is 0 Å². The van der Waals surface area contributed by atoms with E-state index in [-0.39, 0.29) is 42.6 Å². The molecule has 2 atom stereocenters.